The van der Waals surface area contributed by atoms with Gasteiger partial charge in [-0.1, -0.05) is 25.1 Å². The van der Waals surface area contributed by atoms with Crippen molar-refractivity contribution in [2.75, 3.05) is 5.32 Å². The number of carbonyl (C=O) groups excluding carboxylic acids is 1. The number of rotatable bonds is 4. The maximum atomic E-state index is 12.5. The number of hydrogen-bond donors (Lipinski definition) is 1. The van der Waals surface area contributed by atoms with Gasteiger partial charge in [0.05, 0.1) is 6.04 Å². The number of aromatic nitrogens is 2. The van der Waals surface area contributed by atoms with Crippen molar-refractivity contribution < 1.29 is 4.79 Å². The Morgan fingerprint density at radius 2 is 2.26 bits per heavy atom. The van der Waals surface area contributed by atoms with Crippen molar-refractivity contribution in [1.29, 1.82) is 0 Å². The number of fused-ring (bicyclic) bond motifs is 1. The first-order chi connectivity index (χ1) is 9.29. The normalized spacial score (nSPS) is 17.0. The third kappa shape index (κ3) is 2.14. The minimum atomic E-state index is -0.162. The van der Waals surface area contributed by atoms with E-state index < -0.39 is 0 Å². The predicted molar refractivity (Wildman–Crippen MR) is 74.4 cm³/mol. The first-order valence-corrected chi connectivity index (χ1v) is 6.70. The highest BCUT2D eigenvalue weighted by atomic mass is 16.1. The highest BCUT2D eigenvalue weighted by Crippen LogP contribution is 2.26. The van der Waals surface area contributed by atoms with Crippen LogP contribution in [0.2, 0.25) is 0 Å². The molecule has 0 amide bonds. The van der Waals surface area contributed by atoms with Crippen LogP contribution in [0.15, 0.2) is 36.5 Å². The molecule has 0 saturated heterocycles. The number of aryl methyl sites for hydroxylation is 1. The highest BCUT2D eigenvalue weighted by Gasteiger charge is 2.28. The number of anilines is 1. The maximum absolute atomic E-state index is 12.5. The van der Waals surface area contributed by atoms with Crippen molar-refractivity contribution in [2.45, 2.75) is 32.4 Å². The molecular formula is C15H17N3O. The summed E-state index contributed by atoms with van der Waals surface area (Å²) in [6.45, 7) is 2.87. The maximum Gasteiger partial charge on any atom is 0.203 e. The number of benzene rings is 1. The van der Waals surface area contributed by atoms with E-state index in [1.54, 1.807) is 10.9 Å². The first kappa shape index (κ1) is 12.0. The third-order valence-corrected chi connectivity index (χ3v) is 3.49. The van der Waals surface area contributed by atoms with Gasteiger partial charge < -0.3 is 5.32 Å². The number of nitrogens with one attached hydrogen (secondary N) is 1. The second-order valence-electron chi connectivity index (χ2n) is 4.86. The van der Waals surface area contributed by atoms with Crippen LogP contribution in [0.25, 0.3) is 0 Å². The summed E-state index contributed by atoms with van der Waals surface area (Å²) in [6.07, 6.45) is 3.43. The Bertz CT molecular complexity index is 578. The molecule has 0 spiro atoms. The Kier molecular flexibility index (Phi) is 3.07. The highest BCUT2D eigenvalue weighted by molar-refractivity contribution is 6.01. The molecule has 0 bridgehead atoms. The minimum Gasteiger partial charge on any atom is -0.374 e. The molecule has 1 atom stereocenters. The van der Waals surface area contributed by atoms with E-state index in [4.69, 9.17) is 0 Å². The van der Waals surface area contributed by atoms with Crippen molar-refractivity contribution in [3.63, 3.8) is 0 Å². The van der Waals surface area contributed by atoms with E-state index in [0.29, 0.717) is 5.69 Å². The Morgan fingerprint density at radius 1 is 1.42 bits per heavy atom. The van der Waals surface area contributed by atoms with Gasteiger partial charge in [-0.15, -0.1) is 0 Å². The number of hydrogen-bond acceptors (Lipinski definition) is 3. The molecule has 1 unspecified atom stereocenters. The number of Topliss-reactive ketones (excluding diaryl/α,β-unsaturated/α-hetero) is 1. The fourth-order valence-electron chi connectivity index (χ4n) is 2.57. The van der Waals surface area contributed by atoms with Crippen LogP contribution in [0.3, 0.4) is 0 Å². The average molecular weight is 255 g/mol. The van der Waals surface area contributed by atoms with Gasteiger partial charge in [-0.2, -0.15) is 5.10 Å². The fraction of sp³-hybridized carbons (Fsp3) is 0.333. The molecule has 0 aliphatic carbocycles. The van der Waals surface area contributed by atoms with Gasteiger partial charge in [0.2, 0.25) is 5.78 Å². The van der Waals surface area contributed by atoms with Crippen LogP contribution in [0.4, 0.5) is 5.69 Å². The minimum absolute atomic E-state index is 0.127. The molecule has 98 valence electrons. The molecule has 4 nitrogen and oxygen atoms in total. The van der Waals surface area contributed by atoms with Gasteiger partial charge in [0.15, 0.2) is 0 Å². The lowest BCUT2D eigenvalue weighted by molar-refractivity contribution is 0.0961. The van der Waals surface area contributed by atoms with E-state index in [2.05, 4.69) is 23.4 Å². The lowest BCUT2D eigenvalue weighted by atomic mass is 10.1. The van der Waals surface area contributed by atoms with E-state index in [1.807, 2.05) is 24.3 Å². The molecule has 0 radical (unpaired) electrons. The zero-order valence-corrected chi connectivity index (χ0v) is 11.0. The van der Waals surface area contributed by atoms with Gasteiger partial charge in [0.25, 0.3) is 0 Å². The molecule has 1 aromatic heterocycles. The van der Waals surface area contributed by atoms with Gasteiger partial charge in [-0.05, 0) is 24.1 Å². The van der Waals surface area contributed by atoms with Gasteiger partial charge >= 0.3 is 0 Å². The van der Waals surface area contributed by atoms with E-state index in [0.717, 1.165) is 25.1 Å². The van der Waals surface area contributed by atoms with Crippen molar-refractivity contribution in [3.05, 3.63) is 47.8 Å². The standard InChI is InChI=1S/C15H17N3O/c1-2-9-18-14(7-8-16-18)15(19)13-10-11-5-3-4-6-12(11)17-13/h3-8,13,17H,2,9-10H2,1H3. The van der Waals surface area contributed by atoms with Crippen LogP contribution < -0.4 is 5.32 Å². The number of ketones is 1. The zero-order chi connectivity index (χ0) is 13.2. The molecular weight excluding hydrogens is 238 g/mol. The van der Waals surface area contributed by atoms with Crippen LogP contribution in [0.5, 0.6) is 0 Å². The Hall–Kier alpha value is -2.10. The Labute approximate surface area is 112 Å². The quantitative estimate of drug-likeness (QED) is 0.854. The Morgan fingerprint density at radius 3 is 3.05 bits per heavy atom. The summed E-state index contributed by atoms with van der Waals surface area (Å²) < 4.78 is 1.80. The van der Waals surface area contributed by atoms with Gasteiger partial charge in [-0.25, -0.2) is 0 Å². The van der Waals surface area contributed by atoms with Crippen LogP contribution >= 0.6 is 0 Å². The topological polar surface area (TPSA) is 46.9 Å². The summed E-state index contributed by atoms with van der Waals surface area (Å²) in [5, 5.41) is 7.52. The smallest absolute Gasteiger partial charge is 0.203 e. The van der Waals surface area contributed by atoms with Gasteiger partial charge in [-0.3, -0.25) is 9.48 Å². The van der Waals surface area contributed by atoms with Crippen LogP contribution in [-0.2, 0) is 13.0 Å². The average Bonchev–Trinajstić information content (AvgIpc) is 3.04. The van der Waals surface area contributed by atoms with Crippen LogP contribution in [-0.4, -0.2) is 21.6 Å². The molecule has 1 aliphatic heterocycles. The summed E-state index contributed by atoms with van der Waals surface area (Å²) in [4.78, 5) is 12.5. The summed E-state index contributed by atoms with van der Waals surface area (Å²) >= 11 is 0. The fourth-order valence-corrected chi connectivity index (χ4v) is 2.57. The second-order valence-corrected chi connectivity index (χ2v) is 4.86. The summed E-state index contributed by atoms with van der Waals surface area (Å²) in [7, 11) is 0. The molecule has 2 aromatic rings. The third-order valence-electron chi connectivity index (χ3n) is 3.49. The van der Waals surface area contributed by atoms with E-state index >= 15 is 0 Å². The number of nitrogens with zero attached hydrogens (tertiary/aromatic N) is 2. The van der Waals surface area contributed by atoms with E-state index in [9.17, 15) is 4.79 Å². The molecule has 0 saturated carbocycles. The van der Waals surface area contributed by atoms with Crippen molar-refractivity contribution >= 4 is 11.5 Å². The van der Waals surface area contributed by atoms with Crippen LogP contribution in [0, 0.1) is 0 Å². The lowest BCUT2D eigenvalue weighted by Gasteiger charge is -2.11. The summed E-state index contributed by atoms with van der Waals surface area (Å²) in [5.41, 5.74) is 2.98. The molecule has 1 aliphatic rings. The van der Waals surface area contributed by atoms with Gasteiger partial charge in [0.1, 0.15) is 5.69 Å². The number of para-hydroxylation sites is 1. The molecule has 19 heavy (non-hydrogen) atoms. The van der Waals surface area contributed by atoms with Crippen molar-refractivity contribution in [1.82, 2.24) is 9.78 Å². The molecule has 1 aromatic carbocycles. The van der Waals surface area contributed by atoms with Gasteiger partial charge in [0, 0.05) is 24.8 Å². The Balaban J connectivity index is 1.81. The largest absolute Gasteiger partial charge is 0.374 e. The SMILES string of the molecule is CCCn1nccc1C(=O)C1Cc2ccccc2N1. The molecule has 1 N–H and O–H groups in total. The monoisotopic (exact) mass is 255 g/mol. The summed E-state index contributed by atoms with van der Waals surface area (Å²) in [5.74, 6) is 0.127. The van der Waals surface area contributed by atoms with E-state index in [1.165, 1.54) is 5.56 Å². The second kappa shape index (κ2) is 4.88. The molecule has 0 fully saturated rings. The van der Waals surface area contributed by atoms with Crippen molar-refractivity contribution in [3.8, 4) is 0 Å². The predicted octanol–water partition coefficient (Wildman–Crippen LogP) is 2.51. The molecule has 2 heterocycles. The van der Waals surface area contributed by atoms with Crippen LogP contribution in [0.1, 0.15) is 29.4 Å². The summed E-state index contributed by atoms with van der Waals surface area (Å²) in [6, 6.07) is 9.73. The van der Waals surface area contributed by atoms with Crippen molar-refractivity contribution in [2.24, 2.45) is 0 Å². The zero-order valence-electron chi connectivity index (χ0n) is 11.0. The molecule has 3 rings (SSSR count). The van der Waals surface area contributed by atoms with E-state index in [-0.39, 0.29) is 11.8 Å². The lowest BCUT2D eigenvalue weighted by Crippen LogP contribution is -2.29. The number of carbonyl (C=O) groups is 1. The molecule has 4 heteroatoms. The first-order valence-electron chi connectivity index (χ1n) is 6.70.